The van der Waals surface area contributed by atoms with Gasteiger partial charge < -0.3 is 0 Å². The molecule has 0 fully saturated rings. The molecular weight excluding hydrogens is 146 g/mol. The van der Waals surface area contributed by atoms with Gasteiger partial charge in [0.1, 0.15) is 0 Å². The smallest absolute Gasteiger partial charge is 0.0386 e. The zero-order valence-corrected chi connectivity index (χ0v) is 8.18. The molecule has 0 saturated carbocycles. The fourth-order valence-corrected chi connectivity index (χ4v) is 1.10. The first-order chi connectivity index (χ1) is 5.65. The van der Waals surface area contributed by atoms with Crippen LogP contribution in [0.15, 0.2) is 23.2 Å². The second-order valence-corrected chi connectivity index (χ2v) is 3.11. The van der Waals surface area contributed by atoms with E-state index < -0.39 is 0 Å². The maximum Gasteiger partial charge on any atom is 0.0386 e. The molecule has 1 aromatic carbocycles. The highest BCUT2D eigenvalue weighted by Crippen LogP contribution is 2.10. The van der Waals surface area contributed by atoms with Gasteiger partial charge in [-0.25, -0.2) is 0 Å². The van der Waals surface area contributed by atoms with E-state index in [4.69, 9.17) is 0 Å². The summed E-state index contributed by atoms with van der Waals surface area (Å²) in [6.07, 6.45) is 0. The van der Waals surface area contributed by atoms with E-state index in [2.05, 4.69) is 37.0 Å². The van der Waals surface area contributed by atoms with Crippen LogP contribution in [0.1, 0.15) is 23.6 Å². The van der Waals surface area contributed by atoms with Gasteiger partial charge in [0.15, 0.2) is 0 Å². The van der Waals surface area contributed by atoms with Gasteiger partial charge in [0.05, 0.1) is 0 Å². The second-order valence-electron chi connectivity index (χ2n) is 3.11. The third-order valence-corrected chi connectivity index (χ3v) is 2.26. The number of benzene rings is 1. The molecule has 0 saturated heterocycles. The first-order valence-electron chi connectivity index (χ1n) is 4.16. The molecule has 1 aromatic rings. The monoisotopic (exact) mass is 161 g/mol. The van der Waals surface area contributed by atoms with Crippen molar-refractivity contribution in [3.8, 4) is 0 Å². The number of hydrogen-bond acceptors (Lipinski definition) is 1. The molecule has 0 bridgehead atoms. The third-order valence-electron chi connectivity index (χ3n) is 2.26. The Morgan fingerprint density at radius 1 is 1.17 bits per heavy atom. The summed E-state index contributed by atoms with van der Waals surface area (Å²) in [5.74, 6) is 0. The predicted molar refractivity (Wildman–Crippen MR) is 54.1 cm³/mol. The molecule has 0 atom stereocenters. The molecule has 12 heavy (non-hydrogen) atoms. The number of nitrogens with zero attached hydrogens (tertiary/aromatic N) is 1. The first-order valence-corrected chi connectivity index (χ1v) is 4.16. The molecule has 1 heteroatoms. The SMILES string of the molecule is CN=C(C)c1ccc(C)c(C)c1. The van der Waals surface area contributed by atoms with Crippen molar-refractivity contribution in [2.45, 2.75) is 20.8 Å². The molecule has 0 unspecified atom stereocenters. The van der Waals surface area contributed by atoms with Crippen LogP contribution in [0.5, 0.6) is 0 Å². The zero-order chi connectivity index (χ0) is 9.14. The van der Waals surface area contributed by atoms with Gasteiger partial charge in [-0.1, -0.05) is 12.1 Å². The Labute approximate surface area is 74.2 Å². The van der Waals surface area contributed by atoms with Gasteiger partial charge in [-0.15, -0.1) is 0 Å². The van der Waals surface area contributed by atoms with Crippen LogP contribution in [0.3, 0.4) is 0 Å². The highest BCUT2D eigenvalue weighted by atomic mass is 14.7. The van der Waals surface area contributed by atoms with Crippen LogP contribution in [0.25, 0.3) is 0 Å². The van der Waals surface area contributed by atoms with E-state index >= 15 is 0 Å². The van der Waals surface area contributed by atoms with Crippen LogP contribution in [-0.4, -0.2) is 12.8 Å². The minimum Gasteiger partial charge on any atom is -0.293 e. The Balaban J connectivity index is 3.13. The molecule has 0 heterocycles. The van der Waals surface area contributed by atoms with Gasteiger partial charge in [0, 0.05) is 12.8 Å². The van der Waals surface area contributed by atoms with Crippen molar-refractivity contribution in [3.05, 3.63) is 34.9 Å². The van der Waals surface area contributed by atoms with Crippen molar-refractivity contribution in [2.75, 3.05) is 7.05 Å². The summed E-state index contributed by atoms with van der Waals surface area (Å²) in [5, 5.41) is 0. The number of aryl methyl sites for hydroxylation is 2. The molecule has 0 aliphatic heterocycles. The Bertz CT molecular complexity index is 311. The summed E-state index contributed by atoms with van der Waals surface area (Å²) >= 11 is 0. The first kappa shape index (κ1) is 8.98. The predicted octanol–water partition coefficient (Wildman–Crippen LogP) is 2.74. The van der Waals surface area contributed by atoms with Crippen LogP contribution in [-0.2, 0) is 0 Å². The van der Waals surface area contributed by atoms with Crippen molar-refractivity contribution >= 4 is 5.71 Å². The van der Waals surface area contributed by atoms with Crippen LogP contribution in [0, 0.1) is 13.8 Å². The van der Waals surface area contributed by atoms with E-state index in [9.17, 15) is 0 Å². The number of rotatable bonds is 1. The van der Waals surface area contributed by atoms with Gasteiger partial charge in [0.2, 0.25) is 0 Å². The van der Waals surface area contributed by atoms with Crippen LogP contribution in [0.4, 0.5) is 0 Å². The molecule has 0 spiro atoms. The summed E-state index contributed by atoms with van der Waals surface area (Å²) < 4.78 is 0. The maximum absolute atomic E-state index is 4.15. The average Bonchev–Trinajstić information content (AvgIpc) is 2.08. The van der Waals surface area contributed by atoms with Crippen LogP contribution < -0.4 is 0 Å². The summed E-state index contributed by atoms with van der Waals surface area (Å²) in [7, 11) is 1.82. The minimum absolute atomic E-state index is 1.10. The molecule has 0 N–H and O–H groups in total. The van der Waals surface area contributed by atoms with Crippen molar-refractivity contribution in [1.82, 2.24) is 0 Å². The van der Waals surface area contributed by atoms with Gasteiger partial charge in [-0.05, 0) is 43.5 Å². The standard InChI is InChI=1S/C11H15N/c1-8-5-6-11(7-9(8)2)10(3)12-4/h5-7H,1-4H3. The molecule has 1 rings (SSSR count). The zero-order valence-electron chi connectivity index (χ0n) is 8.18. The average molecular weight is 161 g/mol. The van der Waals surface area contributed by atoms with E-state index in [1.165, 1.54) is 16.7 Å². The number of aliphatic imine (C=N–C) groups is 1. The lowest BCUT2D eigenvalue weighted by molar-refractivity contribution is 1.32. The molecule has 64 valence electrons. The Morgan fingerprint density at radius 3 is 2.33 bits per heavy atom. The molecule has 0 amide bonds. The highest BCUT2D eigenvalue weighted by Gasteiger charge is 1.97. The van der Waals surface area contributed by atoms with E-state index in [1.54, 1.807) is 0 Å². The fourth-order valence-electron chi connectivity index (χ4n) is 1.10. The highest BCUT2D eigenvalue weighted by molar-refractivity contribution is 5.98. The molecule has 0 aliphatic carbocycles. The van der Waals surface area contributed by atoms with E-state index in [-0.39, 0.29) is 0 Å². The Kier molecular flexibility index (Phi) is 2.64. The van der Waals surface area contributed by atoms with Gasteiger partial charge in [-0.3, -0.25) is 4.99 Å². The minimum atomic E-state index is 1.10. The second kappa shape index (κ2) is 3.53. The molecule has 0 radical (unpaired) electrons. The molecule has 0 aliphatic rings. The lowest BCUT2D eigenvalue weighted by Crippen LogP contribution is -1.95. The van der Waals surface area contributed by atoms with Crippen molar-refractivity contribution < 1.29 is 0 Å². The largest absolute Gasteiger partial charge is 0.293 e. The van der Waals surface area contributed by atoms with E-state index in [0.717, 1.165) is 5.71 Å². The van der Waals surface area contributed by atoms with E-state index in [0.29, 0.717) is 0 Å². The molecular formula is C11H15N. The summed E-state index contributed by atoms with van der Waals surface area (Å²) in [4.78, 5) is 4.15. The van der Waals surface area contributed by atoms with Crippen LogP contribution >= 0.6 is 0 Å². The summed E-state index contributed by atoms with van der Waals surface area (Å²) in [6, 6.07) is 6.43. The summed E-state index contributed by atoms with van der Waals surface area (Å²) in [5.41, 5.74) is 4.98. The molecule has 0 aromatic heterocycles. The van der Waals surface area contributed by atoms with Crippen molar-refractivity contribution in [1.29, 1.82) is 0 Å². The topological polar surface area (TPSA) is 12.4 Å². The maximum atomic E-state index is 4.15. The van der Waals surface area contributed by atoms with Gasteiger partial charge in [0.25, 0.3) is 0 Å². The van der Waals surface area contributed by atoms with Crippen molar-refractivity contribution in [2.24, 2.45) is 4.99 Å². The lowest BCUT2D eigenvalue weighted by Gasteiger charge is -2.03. The quantitative estimate of drug-likeness (QED) is 0.561. The number of hydrogen-bond donors (Lipinski definition) is 0. The van der Waals surface area contributed by atoms with E-state index in [1.807, 2.05) is 14.0 Å². The van der Waals surface area contributed by atoms with Gasteiger partial charge in [-0.2, -0.15) is 0 Å². The molecule has 1 nitrogen and oxygen atoms in total. The normalized spacial score (nSPS) is 11.8. The van der Waals surface area contributed by atoms with Gasteiger partial charge >= 0.3 is 0 Å². The van der Waals surface area contributed by atoms with Crippen molar-refractivity contribution in [3.63, 3.8) is 0 Å². The van der Waals surface area contributed by atoms with Crippen LogP contribution in [0.2, 0.25) is 0 Å². The lowest BCUT2D eigenvalue weighted by atomic mass is 10.0. The summed E-state index contributed by atoms with van der Waals surface area (Å²) in [6.45, 7) is 6.28. The fraction of sp³-hybridized carbons (Fsp3) is 0.364. The Morgan fingerprint density at radius 2 is 1.83 bits per heavy atom. The third kappa shape index (κ3) is 1.73. The Hall–Kier alpha value is -1.11.